The summed E-state index contributed by atoms with van der Waals surface area (Å²) in [7, 11) is 0. The highest BCUT2D eigenvalue weighted by Crippen LogP contribution is 2.43. The molecule has 20 heavy (non-hydrogen) atoms. The SMILES string of the molecule is CC1Cc2cc(C(N)C3Cc4ccccc43)ccc2O1. The van der Waals surface area contributed by atoms with E-state index in [1.54, 1.807) is 0 Å². The van der Waals surface area contributed by atoms with Crippen LogP contribution in [0.2, 0.25) is 0 Å². The molecule has 2 heteroatoms. The average molecular weight is 265 g/mol. The number of ether oxygens (including phenoxy) is 1. The van der Waals surface area contributed by atoms with Crippen LogP contribution >= 0.6 is 0 Å². The minimum Gasteiger partial charge on any atom is -0.490 e. The second-order valence-corrected chi connectivity index (χ2v) is 6.03. The molecular weight excluding hydrogens is 246 g/mol. The van der Waals surface area contributed by atoms with Gasteiger partial charge in [0.1, 0.15) is 11.9 Å². The van der Waals surface area contributed by atoms with Crippen LogP contribution in [0.25, 0.3) is 0 Å². The van der Waals surface area contributed by atoms with Gasteiger partial charge in [0.2, 0.25) is 0 Å². The van der Waals surface area contributed by atoms with E-state index in [1.807, 2.05) is 0 Å². The molecular formula is C18H19NO. The maximum atomic E-state index is 6.50. The molecule has 1 heterocycles. The van der Waals surface area contributed by atoms with Crippen LogP contribution in [0.5, 0.6) is 5.75 Å². The van der Waals surface area contributed by atoms with Gasteiger partial charge >= 0.3 is 0 Å². The van der Waals surface area contributed by atoms with Crippen molar-refractivity contribution in [3.05, 3.63) is 64.7 Å². The van der Waals surface area contributed by atoms with E-state index in [2.05, 4.69) is 49.4 Å². The molecule has 2 aliphatic rings. The molecule has 0 saturated heterocycles. The van der Waals surface area contributed by atoms with Crippen LogP contribution in [0.3, 0.4) is 0 Å². The van der Waals surface area contributed by atoms with Crippen molar-refractivity contribution >= 4 is 0 Å². The molecule has 0 fully saturated rings. The summed E-state index contributed by atoms with van der Waals surface area (Å²) >= 11 is 0. The van der Waals surface area contributed by atoms with Gasteiger partial charge in [0, 0.05) is 18.4 Å². The number of benzene rings is 2. The predicted molar refractivity (Wildman–Crippen MR) is 80.1 cm³/mol. The van der Waals surface area contributed by atoms with Gasteiger partial charge in [-0.15, -0.1) is 0 Å². The minimum absolute atomic E-state index is 0.0890. The van der Waals surface area contributed by atoms with Crippen LogP contribution < -0.4 is 10.5 Å². The molecule has 3 atom stereocenters. The third-order valence-corrected chi connectivity index (χ3v) is 4.63. The lowest BCUT2D eigenvalue weighted by molar-refractivity contribution is 0.254. The van der Waals surface area contributed by atoms with Crippen molar-refractivity contribution in [2.45, 2.75) is 37.8 Å². The van der Waals surface area contributed by atoms with Gasteiger partial charge in [-0.05, 0) is 41.7 Å². The molecule has 3 unspecified atom stereocenters. The molecule has 2 nitrogen and oxygen atoms in total. The zero-order valence-corrected chi connectivity index (χ0v) is 11.7. The van der Waals surface area contributed by atoms with Crippen molar-refractivity contribution < 1.29 is 4.74 Å². The van der Waals surface area contributed by atoms with Gasteiger partial charge in [0.25, 0.3) is 0 Å². The van der Waals surface area contributed by atoms with E-state index < -0.39 is 0 Å². The topological polar surface area (TPSA) is 35.2 Å². The summed E-state index contributed by atoms with van der Waals surface area (Å²) in [6.45, 7) is 2.11. The number of hydrogen-bond acceptors (Lipinski definition) is 2. The van der Waals surface area contributed by atoms with Crippen molar-refractivity contribution in [2.75, 3.05) is 0 Å². The third kappa shape index (κ3) is 1.75. The second-order valence-electron chi connectivity index (χ2n) is 6.03. The maximum Gasteiger partial charge on any atom is 0.123 e. The Kier molecular flexibility index (Phi) is 2.61. The molecule has 0 aromatic heterocycles. The predicted octanol–water partition coefficient (Wildman–Crippen LogP) is 3.35. The zero-order valence-electron chi connectivity index (χ0n) is 11.7. The molecule has 2 aromatic rings. The van der Waals surface area contributed by atoms with Gasteiger partial charge in [-0.25, -0.2) is 0 Å². The van der Waals surface area contributed by atoms with E-state index in [-0.39, 0.29) is 6.04 Å². The van der Waals surface area contributed by atoms with Crippen molar-refractivity contribution in [1.29, 1.82) is 0 Å². The summed E-state index contributed by atoms with van der Waals surface area (Å²) < 4.78 is 5.76. The van der Waals surface area contributed by atoms with E-state index in [0.29, 0.717) is 12.0 Å². The molecule has 1 aliphatic carbocycles. The Morgan fingerprint density at radius 3 is 2.80 bits per heavy atom. The summed E-state index contributed by atoms with van der Waals surface area (Å²) in [5.41, 5.74) is 11.9. The summed E-state index contributed by atoms with van der Waals surface area (Å²) in [5.74, 6) is 1.49. The van der Waals surface area contributed by atoms with Crippen LogP contribution in [0.4, 0.5) is 0 Å². The summed E-state index contributed by atoms with van der Waals surface area (Å²) in [6, 6.07) is 15.2. The standard InChI is InChI=1S/C18H19NO/c1-11-8-14-9-13(6-7-17(14)20-11)18(19)16-10-12-4-2-3-5-15(12)16/h2-7,9,11,16,18H,8,10,19H2,1H3. The minimum atomic E-state index is 0.0890. The number of hydrogen-bond donors (Lipinski definition) is 1. The quantitative estimate of drug-likeness (QED) is 0.903. The lowest BCUT2D eigenvalue weighted by Gasteiger charge is -2.35. The first-order valence-corrected chi connectivity index (χ1v) is 7.35. The molecule has 0 amide bonds. The zero-order chi connectivity index (χ0) is 13.7. The fourth-order valence-electron chi connectivity index (χ4n) is 3.50. The van der Waals surface area contributed by atoms with E-state index in [9.17, 15) is 0 Å². The molecule has 0 radical (unpaired) electrons. The van der Waals surface area contributed by atoms with Gasteiger partial charge in [-0.3, -0.25) is 0 Å². The average Bonchev–Trinajstić information content (AvgIpc) is 2.79. The second kappa shape index (κ2) is 4.35. The molecule has 0 bridgehead atoms. The first kappa shape index (κ1) is 12.0. The number of nitrogens with two attached hydrogens (primary N) is 1. The Labute approximate surface area is 119 Å². The van der Waals surface area contributed by atoms with Crippen molar-refractivity contribution in [3.63, 3.8) is 0 Å². The monoisotopic (exact) mass is 265 g/mol. The highest BCUT2D eigenvalue weighted by Gasteiger charge is 2.32. The molecule has 102 valence electrons. The number of rotatable bonds is 2. The summed E-state index contributed by atoms with van der Waals surface area (Å²) in [4.78, 5) is 0. The lowest BCUT2D eigenvalue weighted by Crippen LogP contribution is -2.28. The van der Waals surface area contributed by atoms with Crippen LogP contribution in [0.1, 0.15) is 41.1 Å². The Bertz CT molecular complexity index is 664. The highest BCUT2D eigenvalue weighted by atomic mass is 16.5. The summed E-state index contributed by atoms with van der Waals surface area (Å²) in [6.07, 6.45) is 2.39. The van der Waals surface area contributed by atoms with Crippen LogP contribution in [-0.4, -0.2) is 6.10 Å². The lowest BCUT2D eigenvalue weighted by atomic mass is 9.72. The largest absolute Gasteiger partial charge is 0.490 e. The molecule has 2 N–H and O–H groups in total. The van der Waals surface area contributed by atoms with Gasteiger partial charge in [0.05, 0.1) is 0 Å². The Morgan fingerprint density at radius 1 is 1.10 bits per heavy atom. The first-order valence-electron chi connectivity index (χ1n) is 7.35. The van der Waals surface area contributed by atoms with Crippen LogP contribution in [-0.2, 0) is 12.8 Å². The fourth-order valence-corrected chi connectivity index (χ4v) is 3.50. The Hall–Kier alpha value is -1.80. The van der Waals surface area contributed by atoms with Crippen LogP contribution in [0, 0.1) is 0 Å². The molecule has 4 rings (SSSR count). The van der Waals surface area contributed by atoms with E-state index >= 15 is 0 Å². The molecule has 2 aromatic carbocycles. The van der Waals surface area contributed by atoms with E-state index in [1.165, 1.54) is 22.3 Å². The van der Waals surface area contributed by atoms with Crippen molar-refractivity contribution in [2.24, 2.45) is 5.73 Å². The fraction of sp³-hybridized carbons (Fsp3) is 0.333. The maximum absolute atomic E-state index is 6.50. The van der Waals surface area contributed by atoms with Gasteiger partial charge < -0.3 is 10.5 Å². The Morgan fingerprint density at radius 2 is 1.95 bits per heavy atom. The smallest absolute Gasteiger partial charge is 0.123 e. The summed E-state index contributed by atoms with van der Waals surface area (Å²) in [5, 5.41) is 0. The number of fused-ring (bicyclic) bond motifs is 2. The normalized spacial score (nSPS) is 24.3. The highest BCUT2D eigenvalue weighted by molar-refractivity contribution is 5.46. The Balaban J connectivity index is 1.62. The third-order valence-electron chi connectivity index (χ3n) is 4.63. The van der Waals surface area contributed by atoms with Crippen molar-refractivity contribution in [1.82, 2.24) is 0 Å². The molecule has 0 saturated carbocycles. The van der Waals surface area contributed by atoms with Crippen molar-refractivity contribution in [3.8, 4) is 5.75 Å². The first-order chi connectivity index (χ1) is 9.72. The van der Waals surface area contributed by atoms with E-state index in [4.69, 9.17) is 10.5 Å². The van der Waals surface area contributed by atoms with Gasteiger partial charge in [0.15, 0.2) is 0 Å². The van der Waals surface area contributed by atoms with Gasteiger partial charge in [-0.1, -0.05) is 36.4 Å². The molecule has 0 spiro atoms. The van der Waals surface area contributed by atoms with Gasteiger partial charge in [-0.2, -0.15) is 0 Å². The van der Waals surface area contributed by atoms with Crippen LogP contribution in [0.15, 0.2) is 42.5 Å². The molecule has 1 aliphatic heterocycles. The van der Waals surface area contributed by atoms with E-state index in [0.717, 1.165) is 18.6 Å².